The van der Waals surface area contributed by atoms with Gasteiger partial charge in [-0.2, -0.15) is 0 Å². The third-order valence-electron chi connectivity index (χ3n) is 3.48. The van der Waals surface area contributed by atoms with E-state index < -0.39 is 0 Å². The van der Waals surface area contributed by atoms with E-state index in [1.165, 1.54) is 13.2 Å². The van der Waals surface area contributed by atoms with Crippen LogP contribution in [0.25, 0.3) is 0 Å². The Morgan fingerprint density at radius 1 is 1.50 bits per heavy atom. The van der Waals surface area contributed by atoms with Gasteiger partial charge in [0.15, 0.2) is 0 Å². The molecule has 0 bridgehead atoms. The van der Waals surface area contributed by atoms with Crippen molar-refractivity contribution in [2.24, 2.45) is 10.7 Å². The standard InChI is InChI=1S/C17H21N3O2/c1-3-15-14(7-8-16(21)22-2)11-19-17(20-15)13-6-4-5-12(9-13)10-18/h4-9,11,15H,3,10,18H2,1-2H3,(H,19,20)/b8-7+. The van der Waals surface area contributed by atoms with Crippen molar-refractivity contribution in [3.63, 3.8) is 0 Å². The number of methoxy groups -OCH3 is 1. The summed E-state index contributed by atoms with van der Waals surface area (Å²) in [7, 11) is 1.36. The predicted molar refractivity (Wildman–Crippen MR) is 87.3 cm³/mol. The molecule has 1 aromatic rings. The van der Waals surface area contributed by atoms with Crippen LogP contribution in [0.5, 0.6) is 0 Å². The normalized spacial score (nSPS) is 17.7. The summed E-state index contributed by atoms with van der Waals surface area (Å²) in [6.07, 6.45) is 5.87. The van der Waals surface area contributed by atoms with Gasteiger partial charge in [0.1, 0.15) is 5.84 Å². The van der Waals surface area contributed by atoms with Gasteiger partial charge >= 0.3 is 5.97 Å². The number of carbonyl (C=O) groups is 1. The molecule has 0 aliphatic carbocycles. The third kappa shape index (κ3) is 3.83. The Labute approximate surface area is 130 Å². The van der Waals surface area contributed by atoms with E-state index in [0.717, 1.165) is 29.0 Å². The summed E-state index contributed by atoms with van der Waals surface area (Å²) in [6.45, 7) is 2.56. The zero-order valence-corrected chi connectivity index (χ0v) is 12.9. The van der Waals surface area contributed by atoms with E-state index in [-0.39, 0.29) is 12.0 Å². The molecule has 2 rings (SSSR count). The van der Waals surface area contributed by atoms with Gasteiger partial charge in [0.05, 0.1) is 13.2 Å². The molecule has 1 aliphatic heterocycles. The van der Waals surface area contributed by atoms with Gasteiger partial charge in [-0.1, -0.05) is 25.1 Å². The first-order valence-electron chi connectivity index (χ1n) is 7.27. The van der Waals surface area contributed by atoms with Crippen LogP contribution in [0.2, 0.25) is 0 Å². The number of benzene rings is 1. The van der Waals surface area contributed by atoms with Crippen molar-refractivity contribution >= 4 is 11.8 Å². The van der Waals surface area contributed by atoms with Crippen molar-refractivity contribution in [2.45, 2.75) is 25.9 Å². The maximum atomic E-state index is 11.2. The topological polar surface area (TPSA) is 76.7 Å². The van der Waals surface area contributed by atoms with Crippen molar-refractivity contribution in [1.29, 1.82) is 0 Å². The maximum Gasteiger partial charge on any atom is 0.330 e. The van der Waals surface area contributed by atoms with Crippen molar-refractivity contribution in [1.82, 2.24) is 5.32 Å². The summed E-state index contributed by atoms with van der Waals surface area (Å²) in [4.78, 5) is 15.9. The van der Waals surface area contributed by atoms with Crippen LogP contribution in [0.4, 0.5) is 0 Å². The van der Waals surface area contributed by atoms with E-state index in [0.29, 0.717) is 6.54 Å². The molecule has 5 nitrogen and oxygen atoms in total. The number of nitrogens with one attached hydrogen (secondary N) is 1. The fraction of sp³-hybridized carbons (Fsp3) is 0.294. The first-order chi connectivity index (χ1) is 10.7. The molecule has 0 radical (unpaired) electrons. The second kappa shape index (κ2) is 7.56. The summed E-state index contributed by atoms with van der Waals surface area (Å²) in [6, 6.07) is 8.00. The van der Waals surface area contributed by atoms with Crippen LogP contribution in [-0.2, 0) is 16.1 Å². The number of esters is 1. The molecule has 1 atom stereocenters. The van der Waals surface area contributed by atoms with Gasteiger partial charge in [0.25, 0.3) is 0 Å². The number of nitrogens with zero attached hydrogens (tertiary/aromatic N) is 1. The SMILES string of the molecule is CCC1N=C(c2cccc(CN)c2)NC=C1/C=C/C(=O)OC. The number of amidine groups is 1. The molecule has 0 aromatic heterocycles. The fourth-order valence-corrected chi connectivity index (χ4v) is 2.24. The number of rotatable bonds is 5. The van der Waals surface area contributed by atoms with Crippen LogP contribution in [0.1, 0.15) is 24.5 Å². The van der Waals surface area contributed by atoms with Crippen LogP contribution < -0.4 is 11.1 Å². The smallest absolute Gasteiger partial charge is 0.330 e. The molecule has 1 aromatic carbocycles. The molecule has 22 heavy (non-hydrogen) atoms. The molecule has 0 spiro atoms. The summed E-state index contributed by atoms with van der Waals surface area (Å²) < 4.78 is 4.61. The van der Waals surface area contributed by atoms with Crippen LogP contribution in [-0.4, -0.2) is 25.0 Å². The summed E-state index contributed by atoms with van der Waals surface area (Å²) in [5, 5.41) is 3.19. The zero-order valence-electron chi connectivity index (χ0n) is 12.9. The maximum absolute atomic E-state index is 11.2. The van der Waals surface area contributed by atoms with Gasteiger partial charge in [-0.15, -0.1) is 0 Å². The largest absolute Gasteiger partial charge is 0.466 e. The van der Waals surface area contributed by atoms with E-state index in [1.54, 1.807) is 6.08 Å². The van der Waals surface area contributed by atoms with Crippen molar-refractivity contribution in [2.75, 3.05) is 7.11 Å². The Bertz CT molecular complexity index is 633. The van der Waals surface area contributed by atoms with E-state index in [2.05, 4.69) is 17.0 Å². The quantitative estimate of drug-likeness (QED) is 0.643. The van der Waals surface area contributed by atoms with Crippen molar-refractivity contribution in [3.05, 3.63) is 59.3 Å². The highest BCUT2D eigenvalue weighted by Gasteiger charge is 2.16. The minimum absolute atomic E-state index is 0.0127. The number of aliphatic imine (C=N–C) groups is 1. The highest BCUT2D eigenvalue weighted by atomic mass is 16.5. The lowest BCUT2D eigenvalue weighted by atomic mass is 10.0. The molecule has 1 aliphatic rings. The molecule has 116 valence electrons. The summed E-state index contributed by atoms with van der Waals surface area (Å²) in [5.41, 5.74) is 8.70. The molecule has 0 saturated carbocycles. The molecule has 1 unspecified atom stereocenters. The number of hydrogen-bond acceptors (Lipinski definition) is 5. The lowest BCUT2D eigenvalue weighted by Crippen LogP contribution is -2.28. The Balaban J connectivity index is 2.19. The molecule has 3 N–H and O–H groups in total. The molecule has 0 fully saturated rings. The second-order valence-corrected chi connectivity index (χ2v) is 4.95. The third-order valence-corrected chi connectivity index (χ3v) is 3.48. The number of nitrogens with two attached hydrogens (primary N) is 1. The van der Waals surface area contributed by atoms with Gasteiger partial charge in [0, 0.05) is 24.4 Å². The highest BCUT2D eigenvalue weighted by Crippen LogP contribution is 2.18. The van der Waals surface area contributed by atoms with Gasteiger partial charge in [-0.05, 0) is 29.7 Å². The average molecular weight is 299 g/mol. The zero-order chi connectivity index (χ0) is 15.9. The van der Waals surface area contributed by atoms with Crippen LogP contribution in [0, 0.1) is 0 Å². The van der Waals surface area contributed by atoms with Gasteiger partial charge < -0.3 is 15.8 Å². The molecule has 5 heteroatoms. The lowest BCUT2D eigenvalue weighted by Gasteiger charge is -2.21. The van der Waals surface area contributed by atoms with Crippen LogP contribution in [0.3, 0.4) is 0 Å². The average Bonchev–Trinajstić information content (AvgIpc) is 2.59. The molecular weight excluding hydrogens is 278 g/mol. The number of hydrogen-bond donors (Lipinski definition) is 2. The fourth-order valence-electron chi connectivity index (χ4n) is 2.24. The van der Waals surface area contributed by atoms with Crippen LogP contribution >= 0.6 is 0 Å². The lowest BCUT2D eigenvalue weighted by molar-refractivity contribution is -0.134. The van der Waals surface area contributed by atoms with E-state index in [9.17, 15) is 4.79 Å². The van der Waals surface area contributed by atoms with E-state index in [1.807, 2.05) is 30.5 Å². The predicted octanol–water partition coefficient (Wildman–Crippen LogP) is 1.89. The van der Waals surface area contributed by atoms with Crippen LogP contribution in [0.15, 0.2) is 53.2 Å². The monoisotopic (exact) mass is 299 g/mol. The van der Waals surface area contributed by atoms with Gasteiger partial charge in [0.2, 0.25) is 0 Å². The highest BCUT2D eigenvalue weighted by molar-refractivity contribution is 6.00. The van der Waals surface area contributed by atoms with Gasteiger partial charge in [-0.25, -0.2) is 4.79 Å². The number of carbonyl (C=O) groups excluding carboxylic acids is 1. The number of ether oxygens (including phenoxy) is 1. The Hall–Kier alpha value is -2.40. The Morgan fingerprint density at radius 2 is 2.32 bits per heavy atom. The van der Waals surface area contributed by atoms with Crippen molar-refractivity contribution < 1.29 is 9.53 Å². The van der Waals surface area contributed by atoms with E-state index in [4.69, 9.17) is 10.7 Å². The molecule has 0 amide bonds. The second-order valence-electron chi connectivity index (χ2n) is 4.95. The molecule has 1 heterocycles. The Morgan fingerprint density at radius 3 is 3.00 bits per heavy atom. The van der Waals surface area contributed by atoms with Crippen molar-refractivity contribution in [3.8, 4) is 0 Å². The van der Waals surface area contributed by atoms with E-state index >= 15 is 0 Å². The summed E-state index contributed by atoms with van der Waals surface area (Å²) >= 11 is 0. The summed E-state index contributed by atoms with van der Waals surface area (Å²) in [5.74, 6) is 0.443. The minimum Gasteiger partial charge on any atom is -0.466 e. The Kier molecular flexibility index (Phi) is 5.49. The first kappa shape index (κ1) is 16.0. The molecular formula is C17H21N3O2. The minimum atomic E-state index is -0.374. The first-order valence-corrected chi connectivity index (χ1v) is 7.27. The van der Waals surface area contributed by atoms with Gasteiger partial charge in [-0.3, -0.25) is 4.99 Å². The molecule has 0 saturated heterocycles.